The Kier molecular flexibility index (Phi) is 70.8. The van der Waals surface area contributed by atoms with Gasteiger partial charge in [-0.05, 0) is 122 Å². The molecule has 0 rings (SSSR count). The Hall–Kier alpha value is -3.76. The number of aliphatic hydroxyl groups excluding tert-OH is 1. The van der Waals surface area contributed by atoms with Gasteiger partial charge >= 0.3 is 39.5 Å². The molecular weight excluding hydrogens is 1310 g/mol. The number of hydrogen-bond donors (Lipinski definition) is 3. The SMILES string of the molecule is CC/C=C\C/C=C\C/C=C\C/C=C\CCCCCCCCC(=O)OCC(COP(=O)(O)OCC(O)COP(=O)(O)OCC(COC(=O)CCCCCCC/C=C\CCCCCCCC)OC(=O)CCCCCCCCCCCCC)OC(=O)CCCCCCC/C=C\C/C=C\CCCCC. The topological polar surface area (TPSA) is 237 Å². The molecule has 0 spiro atoms. The number of carbonyl (C=O) groups excluding carboxylic acids is 4. The van der Waals surface area contributed by atoms with Crippen LogP contribution in [-0.4, -0.2) is 96.7 Å². The highest BCUT2D eigenvalue weighted by molar-refractivity contribution is 7.47. The lowest BCUT2D eigenvalue weighted by Gasteiger charge is -2.21. The van der Waals surface area contributed by atoms with Crippen LogP contribution in [0.4, 0.5) is 0 Å². The number of unbranched alkanes of at least 4 members (excludes halogenated alkanes) is 35. The first-order chi connectivity index (χ1) is 48.7. The second-order valence-corrected chi connectivity index (χ2v) is 29.5. The first kappa shape index (κ1) is 96.2. The summed E-state index contributed by atoms with van der Waals surface area (Å²) >= 11 is 0. The number of phosphoric acid groups is 2. The molecule has 0 bridgehead atoms. The molecule has 17 nitrogen and oxygen atoms in total. The van der Waals surface area contributed by atoms with Crippen LogP contribution in [0, 0.1) is 0 Å². The highest BCUT2D eigenvalue weighted by Crippen LogP contribution is 2.45. The average molecular weight is 1450 g/mol. The maximum atomic E-state index is 13.1. The van der Waals surface area contributed by atoms with Crippen LogP contribution in [-0.2, 0) is 65.4 Å². The molecule has 19 heteroatoms. The molecule has 100 heavy (non-hydrogen) atoms. The fourth-order valence-corrected chi connectivity index (χ4v) is 12.3. The molecule has 0 heterocycles. The first-order valence-corrected chi connectivity index (χ1v) is 42.8. The van der Waals surface area contributed by atoms with E-state index in [4.69, 9.17) is 37.0 Å². The molecule has 0 aliphatic carbocycles. The number of rotatable bonds is 75. The third kappa shape index (κ3) is 72.6. The van der Waals surface area contributed by atoms with Crippen molar-refractivity contribution in [3.05, 3.63) is 85.1 Å². The third-order valence-corrected chi connectivity index (χ3v) is 18.7. The third-order valence-electron chi connectivity index (χ3n) is 16.8. The number of phosphoric ester groups is 2. The monoisotopic (exact) mass is 1450 g/mol. The molecule has 0 saturated carbocycles. The standard InChI is InChI=1S/C81H144O17P2/c1-5-9-13-17-21-25-29-32-35-36-37-38-41-43-47-50-54-58-62-66-79(84)92-72-77(98-81(86)68-64-60-56-52-48-44-40-34-31-27-23-19-15-11-7-3)74-96-100(89,90)94-70-75(82)69-93-99(87,88)95-73-76(97-80(85)67-63-59-55-51-45-28-24-20-16-12-8-4)71-91-78(83)65-61-57-53-49-46-42-39-33-30-26-22-18-14-10-6-2/h9,13,21,23,25,27,32-35,37-40,75-77,82H,5-8,10-12,14-20,22,24,26,28-31,36,41-74H2,1-4H3,(H,87,88)(H,89,90)/b13-9-,25-21-,27-23-,35-32-,38-37-,39-33-,40-34-. The van der Waals surface area contributed by atoms with E-state index >= 15 is 0 Å². The Bertz CT molecular complexity index is 2230. The van der Waals surface area contributed by atoms with Crippen molar-refractivity contribution in [1.29, 1.82) is 0 Å². The van der Waals surface area contributed by atoms with Crippen molar-refractivity contribution in [2.45, 2.75) is 367 Å². The number of carbonyl (C=O) groups is 4. The first-order valence-electron chi connectivity index (χ1n) is 39.8. The molecule has 580 valence electrons. The molecule has 0 aromatic carbocycles. The summed E-state index contributed by atoms with van der Waals surface area (Å²) in [7, 11) is -9.95. The minimum atomic E-state index is -4.98. The van der Waals surface area contributed by atoms with Gasteiger partial charge in [0, 0.05) is 25.7 Å². The molecule has 0 aliphatic rings. The summed E-state index contributed by atoms with van der Waals surface area (Å²) in [4.78, 5) is 72.9. The molecule has 5 unspecified atom stereocenters. The number of esters is 4. The van der Waals surface area contributed by atoms with Gasteiger partial charge < -0.3 is 33.8 Å². The van der Waals surface area contributed by atoms with Crippen molar-refractivity contribution in [3.8, 4) is 0 Å². The summed E-state index contributed by atoms with van der Waals surface area (Å²) in [6.45, 7) is 4.73. The van der Waals surface area contributed by atoms with E-state index in [-0.39, 0.29) is 25.7 Å². The van der Waals surface area contributed by atoms with E-state index in [1.54, 1.807) is 0 Å². The van der Waals surface area contributed by atoms with Crippen molar-refractivity contribution in [1.82, 2.24) is 0 Å². The van der Waals surface area contributed by atoms with Crippen molar-refractivity contribution in [2.75, 3.05) is 39.6 Å². The fourth-order valence-electron chi connectivity index (χ4n) is 10.8. The van der Waals surface area contributed by atoms with Crippen LogP contribution in [0.1, 0.15) is 349 Å². The van der Waals surface area contributed by atoms with Crippen LogP contribution < -0.4 is 0 Å². The molecule has 0 saturated heterocycles. The van der Waals surface area contributed by atoms with Gasteiger partial charge in [0.2, 0.25) is 0 Å². The van der Waals surface area contributed by atoms with E-state index in [0.717, 1.165) is 173 Å². The lowest BCUT2D eigenvalue weighted by atomic mass is 10.1. The smallest absolute Gasteiger partial charge is 0.462 e. The van der Waals surface area contributed by atoms with Crippen LogP contribution >= 0.6 is 15.6 Å². The Morgan fingerprint density at radius 3 is 0.830 bits per heavy atom. The van der Waals surface area contributed by atoms with Crippen molar-refractivity contribution < 1.29 is 80.2 Å². The van der Waals surface area contributed by atoms with Crippen molar-refractivity contribution in [2.24, 2.45) is 0 Å². The fraction of sp³-hybridized carbons (Fsp3) is 0.778. The molecule has 3 N–H and O–H groups in total. The van der Waals surface area contributed by atoms with E-state index in [1.807, 2.05) is 0 Å². The molecule has 0 fully saturated rings. The van der Waals surface area contributed by atoms with Gasteiger partial charge in [-0.3, -0.25) is 37.3 Å². The largest absolute Gasteiger partial charge is 0.472 e. The number of hydrogen-bond acceptors (Lipinski definition) is 15. The highest BCUT2D eigenvalue weighted by Gasteiger charge is 2.30. The molecule has 0 amide bonds. The molecule has 0 aliphatic heterocycles. The van der Waals surface area contributed by atoms with E-state index in [1.165, 1.54) is 96.3 Å². The Labute approximate surface area is 608 Å². The zero-order valence-corrected chi connectivity index (χ0v) is 65.2. The second-order valence-electron chi connectivity index (χ2n) is 26.6. The minimum absolute atomic E-state index is 0.0767. The normalized spacial score (nSPS) is 14.3. The molecule has 0 radical (unpaired) electrons. The lowest BCUT2D eigenvalue weighted by molar-refractivity contribution is -0.161. The summed E-state index contributed by atoms with van der Waals surface area (Å²) in [5.41, 5.74) is 0. The Morgan fingerprint density at radius 2 is 0.520 bits per heavy atom. The molecular formula is C81H144O17P2. The van der Waals surface area contributed by atoms with Gasteiger partial charge in [0.15, 0.2) is 12.2 Å². The molecule has 0 aromatic heterocycles. The lowest BCUT2D eigenvalue weighted by Crippen LogP contribution is -2.30. The van der Waals surface area contributed by atoms with Gasteiger partial charge in [0.25, 0.3) is 0 Å². The average Bonchev–Trinajstić information content (AvgIpc) is 0.985. The number of ether oxygens (including phenoxy) is 4. The maximum Gasteiger partial charge on any atom is 0.472 e. The van der Waals surface area contributed by atoms with Crippen LogP contribution in [0.5, 0.6) is 0 Å². The Balaban J connectivity index is 5.33. The summed E-state index contributed by atoms with van der Waals surface area (Å²) < 4.78 is 68.5. The highest BCUT2D eigenvalue weighted by atomic mass is 31.2. The second kappa shape index (κ2) is 73.5. The van der Waals surface area contributed by atoms with Gasteiger partial charge in [0.1, 0.15) is 19.3 Å². The summed E-state index contributed by atoms with van der Waals surface area (Å²) in [5, 5.41) is 10.6. The van der Waals surface area contributed by atoms with E-state index in [2.05, 4.69) is 113 Å². The van der Waals surface area contributed by atoms with Gasteiger partial charge in [-0.25, -0.2) is 9.13 Å². The summed E-state index contributed by atoms with van der Waals surface area (Å²) in [6, 6.07) is 0. The van der Waals surface area contributed by atoms with Gasteiger partial charge in [-0.15, -0.1) is 0 Å². The predicted octanol–water partition coefficient (Wildman–Crippen LogP) is 23.0. The maximum absolute atomic E-state index is 13.1. The Morgan fingerprint density at radius 1 is 0.290 bits per heavy atom. The zero-order valence-electron chi connectivity index (χ0n) is 63.4. The van der Waals surface area contributed by atoms with E-state index in [9.17, 15) is 43.2 Å². The predicted molar refractivity (Wildman–Crippen MR) is 409 cm³/mol. The van der Waals surface area contributed by atoms with Crippen LogP contribution in [0.2, 0.25) is 0 Å². The van der Waals surface area contributed by atoms with E-state index in [0.29, 0.717) is 25.7 Å². The van der Waals surface area contributed by atoms with Gasteiger partial charge in [-0.2, -0.15) is 0 Å². The summed E-state index contributed by atoms with van der Waals surface area (Å²) in [6.07, 6.45) is 75.6. The zero-order chi connectivity index (χ0) is 73.2. The van der Waals surface area contributed by atoms with Crippen LogP contribution in [0.3, 0.4) is 0 Å². The van der Waals surface area contributed by atoms with E-state index < -0.39 is 97.5 Å². The van der Waals surface area contributed by atoms with Crippen LogP contribution in [0.25, 0.3) is 0 Å². The quantitative estimate of drug-likeness (QED) is 0.0169. The number of aliphatic hydroxyl groups is 1. The van der Waals surface area contributed by atoms with Crippen molar-refractivity contribution in [3.63, 3.8) is 0 Å². The molecule has 0 aromatic rings. The molecule has 5 atom stereocenters. The minimum Gasteiger partial charge on any atom is -0.462 e. The number of allylic oxidation sites excluding steroid dienone is 14. The van der Waals surface area contributed by atoms with Gasteiger partial charge in [0.05, 0.1) is 26.4 Å². The summed E-state index contributed by atoms with van der Waals surface area (Å²) in [5.74, 6) is -2.19. The van der Waals surface area contributed by atoms with Crippen molar-refractivity contribution >= 4 is 39.5 Å². The van der Waals surface area contributed by atoms with Crippen LogP contribution in [0.15, 0.2) is 85.1 Å². The van der Waals surface area contributed by atoms with Gasteiger partial charge in [-0.1, -0.05) is 286 Å².